The molecular formula is C19H22N4OS. The SMILES string of the molecule is CCc1nc2cnc3ccsc3c2n1[C@H]1CC[C@H](CC#N)[C@@H](OC)C1. The van der Waals surface area contributed by atoms with Crippen LogP contribution in [0.4, 0.5) is 0 Å². The van der Waals surface area contributed by atoms with Gasteiger partial charge in [0, 0.05) is 26.0 Å². The second-order valence-corrected chi connectivity index (χ2v) is 7.66. The lowest BCUT2D eigenvalue weighted by Crippen LogP contribution is -2.32. The Bertz CT molecular complexity index is 938. The monoisotopic (exact) mass is 354 g/mol. The van der Waals surface area contributed by atoms with Gasteiger partial charge in [-0.25, -0.2) is 4.98 Å². The smallest absolute Gasteiger partial charge is 0.109 e. The van der Waals surface area contributed by atoms with E-state index >= 15 is 0 Å². The highest BCUT2D eigenvalue weighted by Crippen LogP contribution is 2.40. The number of hydrogen-bond acceptors (Lipinski definition) is 5. The summed E-state index contributed by atoms with van der Waals surface area (Å²) in [4.78, 5) is 9.40. The number of thiophene rings is 1. The summed E-state index contributed by atoms with van der Waals surface area (Å²) in [6.07, 6.45) is 6.55. The van der Waals surface area contributed by atoms with Crippen LogP contribution in [0, 0.1) is 17.2 Å². The standard InChI is InChI=1S/C19H22N4OS/c1-3-17-22-15-11-21-14-7-9-25-19(14)18(15)23(17)13-5-4-12(6-8-20)16(10-13)24-2/h7,9,11-13,16H,3-6,10H2,1-2H3/t12-,13+,16+/m1/s1. The highest BCUT2D eigenvalue weighted by atomic mass is 32.1. The van der Waals surface area contributed by atoms with Gasteiger partial charge in [-0.3, -0.25) is 4.98 Å². The second kappa shape index (κ2) is 6.74. The van der Waals surface area contributed by atoms with Crippen LogP contribution in [0.25, 0.3) is 21.3 Å². The van der Waals surface area contributed by atoms with E-state index in [1.165, 1.54) is 10.2 Å². The molecule has 6 heteroatoms. The fourth-order valence-corrected chi connectivity index (χ4v) is 5.10. The van der Waals surface area contributed by atoms with E-state index in [1.807, 2.05) is 6.20 Å². The summed E-state index contributed by atoms with van der Waals surface area (Å²) in [5.74, 6) is 1.46. The molecule has 4 rings (SSSR count). The Morgan fingerprint density at radius 3 is 3.04 bits per heavy atom. The second-order valence-electron chi connectivity index (χ2n) is 6.74. The molecule has 1 aliphatic rings. The van der Waals surface area contributed by atoms with E-state index in [4.69, 9.17) is 15.0 Å². The van der Waals surface area contributed by atoms with Crippen LogP contribution in [0.1, 0.15) is 44.5 Å². The van der Waals surface area contributed by atoms with Crippen LogP contribution >= 0.6 is 11.3 Å². The Hall–Kier alpha value is -1.97. The fourth-order valence-electron chi connectivity index (χ4n) is 4.21. The first-order valence-corrected chi connectivity index (χ1v) is 9.77. The minimum atomic E-state index is 0.140. The summed E-state index contributed by atoms with van der Waals surface area (Å²) in [5, 5.41) is 11.2. The average Bonchev–Trinajstić information content (AvgIpc) is 3.25. The molecule has 1 fully saturated rings. The van der Waals surface area contributed by atoms with Crippen LogP contribution in [0.2, 0.25) is 0 Å². The number of aryl methyl sites for hydroxylation is 1. The lowest BCUT2D eigenvalue weighted by atomic mass is 9.81. The molecule has 3 aromatic heterocycles. The number of methoxy groups -OCH3 is 1. The molecule has 0 N–H and O–H groups in total. The summed E-state index contributed by atoms with van der Waals surface area (Å²) < 4.78 is 9.40. The summed E-state index contributed by atoms with van der Waals surface area (Å²) >= 11 is 1.74. The van der Waals surface area contributed by atoms with E-state index in [1.54, 1.807) is 18.4 Å². The van der Waals surface area contributed by atoms with Gasteiger partial charge < -0.3 is 9.30 Å². The van der Waals surface area contributed by atoms with Crippen molar-refractivity contribution in [1.29, 1.82) is 5.26 Å². The zero-order chi connectivity index (χ0) is 17.4. The van der Waals surface area contributed by atoms with Crippen molar-refractivity contribution in [3.63, 3.8) is 0 Å². The van der Waals surface area contributed by atoms with E-state index in [2.05, 4.69) is 34.0 Å². The van der Waals surface area contributed by atoms with E-state index < -0.39 is 0 Å². The highest BCUT2D eigenvalue weighted by Gasteiger charge is 2.33. The topological polar surface area (TPSA) is 63.7 Å². The lowest BCUT2D eigenvalue weighted by molar-refractivity contribution is 0.00908. The minimum Gasteiger partial charge on any atom is -0.381 e. The lowest BCUT2D eigenvalue weighted by Gasteiger charge is -2.35. The Morgan fingerprint density at radius 1 is 1.40 bits per heavy atom. The van der Waals surface area contributed by atoms with Crippen molar-refractivity contribution in [3.05, 3.63) is 23.5 Å². The molecule has 5 nitrogen and oxygen atoms in total. The predicted molar refractivity (Wildman–Crippen MR) is 99.7 cm³/mol. The quantitative estimate of drug-likeness (QED) is 0.693. The van der Waals surface area contributed by atoms with Gasteiger partial charge >= 0.3 is 0 Å². The van der Waals surface area contributed by atoms with E-state index in [9.17, 15) is 0 Å². The number of fused-ring (bicyclic) bond motifs is 3. The maximum absolute atomic E-state index is 9.07. The van der Waals surface area contributed by atoms with Gasteiger partial charge in [0.25, 0.3) is 0 Å². The van der Waals surface area contributed by atoms with Gasteiger partial charge in [-0.05, 0) is 36.6 Å². The van der Waals surface area contributed by atoms with Crippen LogP contribution in [0.15, 0.2) is 17.6 Å². The third kappa shape index (κ3) is 2.72. The van der Waals surface area contributed by atoms with Gasteiger partial charge in [0.05, 0.1) is 34.1 Å². The molecule has 0 saturated heterocycles. The summed E-state index contributed by atoms with van der Waals surface area (Å²) in [6.45, 7) is 2.16. The molecule has 3 aromatic rings. The zero-order valence-corrected chi connectivity index (χ0v) is 15.4. The van der Waals surface area contributed by atoms with Gasteiger partial charge in [-0.1, -0.05) is 6.92 Å². The van der Waals surface area contributed by atoms with Gasteiger partial charge in [0.15, 0.2) is 0 Å². The molecule has 0 unspecified atom stereocenters. The third-order valence-electron chi connectivity index (χ3n) is 5.43. The van der Waals surface area contributed by atoms with Crippen molar-refractivity contribution >= 4 is 32.6 Å². The Morgan fingerprint density at radius 2 is 2.28 bits per heavy atom. The number of rotatable bonds is 4. The molecule has 0 bridgehead atoms. The highest BCUT2D eigenvalue weighted by molar-refractivity contribution is 7.18. The third-order valence-corrected chi connectivity index (χ3v) is 6.35. The van der Waals surface area contributed by atoms with Gasteiger partial charge in [-0.2, -0.15) is 5.26 Å². The molecule has 130 valence electrons. The molecule has 0 radical (unpaired) electrons. The molecule has 3 atom stereocenters. The largest absolute Gasteiger partial charge is 0.381 e. The molecule has 1 aliphatic carbocycles. The number of nitriles is 1. The fraction of sp³-hybridized carbons (Fsp3) is 0.526. The minimum absolute atomic E-state index is 0.140. The van der Waals surface area contributed by atoms with Crippen LogP contribution in [-0.4, -0.2) is 27.7 Å². The van der Waals surface area contributed by atoms with Crippen molar-refractivity contribution in [2.75, 3.05) is 7.11 Å². The van der Waals surface area contributed by atoms with Crippen molar-refractivity contribution < 1.29 is 4.74 Å². The number of imidazole rings is 1. The van der Waals surface area contributed by atoms with E-state index in [-0.39, 0.29) is 6.10 Å². The first-order valence-electron chi connectivity index (χ1n) is 8.89. The molecule has 0 spiro atoms. The van der Waals surface area contributed by atoms with Crippen LogP contribution in [0.5, 0.6) is 0 Å². The zero-order valence-electron chi connectivity index (χ0n) is 14.6. The van der Waals surface area contributed by atoms with E-state index in [0.29, 0.717) is 18.4 Å². The van der Waals surface area contributed by atoms with Gasteiger partial charge in [0.2, 0.25) is 0 Å². The molecule has 1 saturated carbocycles. The number of ether oxygens (including phenoxy) is 1. The molecule has 0 aliphatic heterocycles. The number of hydrogen-bond donors (Lipinski definition) is 0. The first kappa shape index (κ1) is 16.5. The molecule has 3 heterocycles. The summed E-state index contributed by atoms with van der Waals surface area (Å²) in [5.41, 5.74) is 3.25. The average molecular weight is 354 g/mol. The van der Waals surface area contributed by atoms with E-state index in [0.717, 1.165) is 42.5 Å². The maximum atomic E-state index is 9.07. The molecule has 25 heavy (non-hydrogen) atoms. The molecule has 0 aromatic carbocycles. The predicted octanol–water partition coefficient (Wildman–Crippen LogP) is 4.48. The Labute approximate surface area is 151 Å². The van der Waals surface area contributed by atoms with Gasteiger partial charge in [0.1, 0.15) is 11.3 Å². The Balaban J connectivity index is 1.80. The van der Waals surface area contributed by atoms with Crippen molar-refractivity contribution in [2.45, 2.75) is 51.2 Å². The number of aromatic nitrogens is 3. The van der Waals surface area contributed by atoms with Crippen molar-refractivity contribution in [3.8, 4) is 6.07 Å². The first-order chi connectivity index (χ1) is 12.3. The van der Waals surface area contributed by atoms with Crippen LogP contribution < -0.4 is 0 Å². The van der Waals surface area contributed by atoms with Crippen LogP contribution in [-0.2, 0) is 11.2 Å². The van der Waals surface area contributed by atoms with Crippen LogP contribution in [0.3, 0.4) is 0 Å². The van der Waals surface area contributed by atoms with Gasteiger partial charge in [-0.15, -0.1) is 11.3 Å². The number of pyridine rings is 1. The van der Waals surface area contributed by atoms with Crippen molar-refractivity contribution in [1.82, 2.24) is 14.5 Å². The normalized spacial score (nSPS) is 24.0. The molecule has 0 amide bonds. The maximum Gasteiger partial charge on any atom is 0.109 e. The van der Waals surface area contributed by atoms with Crippen molar-refractivity contribution in [2.24, 2.45) is 5.92 Å². The summed E-state index contributed by atoms with van der Waals surface area (Å²) in [6, 6.07) is 4.76. The summed E-state index contributed by atoms with van der Waals surface area (Å²) in [7, 11) is 1.77. The Kier molecular flexibility index (Phi) is 4.45. The number of nitrogens with zero attached hydrogens (tertiary/aromatic N) is 4. The molecular weight excluding hydrogens is 332 g/mol.